The molecule has 0 fully saturated rings. The molecule has 6 heteroatoms. The van der Waals surface area contributed by atoms with E-state index in [9.17, 15) is 14.9 Å². The molecule has 0 bridgehead atoms. The Balaban J connectivity index is 1.85. The maximum absolute atomic E-state index is 12.4. The van der Waals surface area contributed by atoms with Gasteiger partial charge in [-0.05, 0) is 24.3 Å². The number of aromatic nitrogens is 1. The molecule has 2 heterocycles. The van der Waals surface area contributed by atoms with Gasteiger partial charge in [0.1, 0.15) is 12.7 Å². The van der Waals surface area contributed by atoms with Gasteiger partial charge >= 0.3 is 11.9 Å². The normalized spacial score (nSPS) is 10.2. The molecule has 0 unspecified atom stereocenters. The zero-order valence-electron chi connectivity index (χ0n) is 13.4. The molecule has 0 atom stereocenters. The van der Waals surface area contributed by atoms with E-state index in [2.05, 4.69) is 10.8 Å². The van der Waals surface area contributed by atoms with Crippen molar-refractivity contribution in [1.29, 1.82) is 5.26 Å². The van der Waals surface area contributed by atoms with E-state index in [-0.39, 0.29) is 17.7 Å². The topological polar surface area (TPSA) is 80.8 Å². The number of fused-ring (bicyclic) bond motifs is 1. The van der Waals surface area contributed by atoms with Gasteiger partial charge in [-0.3, -0.25) is 0 Å². The maximum atomic E-state index is 12.4. The van der Waals surface area contributed by atoms with E-state index >= 15 is 0 Å². The summed E-state index contributed by atoms with van der Waals surface area (Å²) in [4.78, 5) is 24.1. The van der Waals surface area contributed by atoms with Crippen LogP contribution < -0.4 is 0 Å². The Labute approximate surface area is 143 Å². The molecule has 0 aliphatic rings. The minimum Gasteiger partial charge on any atom is -0.465 e. The van der Waals surface area contributed by atoms with Crippen LogP contribution in [0.15, 0.2) is 54.9 Å². The van der Waals surface area contributed by atoms with Crippen molar-refractivity contribution in [2.45, 2.75) is 6.61 Å². The molecule has 124 valence electrons. The first-order chi connectivity index (χ1) is 12.2. The van der Waals surface area contributed by atoms with Crippen molar-refractivity contribution in [1.82, 2.24) is 4.40 Å². The molecule has 25 heavy (non-hydrogen) atoms. The second-order valence-corrected chi connectivity index (χ2v) is 5.25. The highest BCUT2D eigenvalue weighted by atomic mass is 16.5. The standard InChI is InChI=1S/C19H14N2O4/c1-24-18(22)14-6-2-3-7-15(14)19(23)25-12-13-11-21-9-5-4-8-17(21)16(13)10-20/h2-9,11H,12H2,1H3. The van der Waals surface area contributed by atoms with Crippen LogP contribution in [0.1, 0.15) is 31.8 Å². The smallest absolute Gasteiger partial charge is 0.339 e. The summed E-state index contributed by atoms with van der Waals surface area (Å²) in [7, 11) is 1.25. The molecule has 3 rings (SSSR count). The summed E-state index contributed by atoms with van der Waals surface area (Å²) in [5.74, 6) is -1.26. The lowest BCUT2D eigenvalue weighted by molar-refractivity contribution is 0.0457. The van der Waals surface area contributed by atoms with Crippen LogP contribution in [0.5, 0.6) is 0 Å². The monoisotopic (exact) mass is 334 g/mol. The maximum Gasteiger partial charge on any atom is 0.339 e. The van der Waals surface area contributed by atoms with Crippen molar-refractivity contribution in [3.05, 3.63) is 77.1 Å². The number of hydrogen-bond acceptors (Lipinski definition) is 5. The van der Waals surface area contributed by atoms with Crippen molar-refractivity contribution in [2.24, 2.45) is 0 Å². The highest BCUT2D eigenvalue weighted by Crippen LogP contribution is 2.20. The predicted octanol–water partition coefficient (Wildman–Crippen LogP) is 2.95. The van der Waals surface area contributed by atoms with E-state index in [0.717, 1.165) is 5.52 Å². The van der Waals surface area contributed by atoms with Gasteiger partial charge in [0.15, 0.2) is 0 Å². The summed E-state index contributed by atoms with van der Waals surface area (Å²) < 4.78 is 11.8. The molecule has 0 aliphatic carbocycles. The molecule has 1 aromatic carbocycles. The van der Waals surface area contributed by atoms with Gasteiger partial charge in [-0.1, -0.05) is 18.2 Å². The quantitative estimate of drug-likeness (QED) is 0.685. The summed E-state index contributed by atoms with van der Waals surface area (Å²) in [6, 6.07) is 13.9. The number of benzene rings is 1. The van der Waals surface area contributed by atoms with Crippen LogP contribution in [0.2, 0.25) is 0 Å². The minimum atomic E-state index is -0.653. The van der Waals surface area contributed by atoms with Crippen LogP contribution in [0.3, 0.4) is 0 Å². The summed E-state index contributed by atoms with van der Waals surface area (Å²) in [5, 5.41) is 9.37. The molecular formula is C19H14N2O4. The Morgan fingerprint density at radius 3 is 2.44 bits per heavy atom. The number of nitrogens with zero attached hydrogens (tertiary/aromatic N) is 2. The van der Waals surface area contributed by atoms with E-state index in [1.165, 1.54) is 19.2 Å². The van der Waals surface area contributed by atoms with Crippen molar-refractivity contribution in [3.63, 3.8) is 0 Å². The molecule has 0 spiro atoms. The average Bonchev–Trinajstić information content (AvgIpc) is 3.02. The Hall–Kier alpha value is -3.59. The van der Waals surface area contributed by atoms with Gasteiger partial charge in [-0.25, -0.2) is 9.59 Å². The number of pyridine rings is 1. The zero-order chi connectivity index (χ0) is 17.8. The fraction of sp³-hybridized carbons (Fsp3) is 0.105. The molecule has 0 saturated heterocycles. The van der Waals surface area contributed by atoms with E-state index in [1.54, 1.807) is 22.7 Å². The number of esters is 2. The van der Waals surface area contributed by atoms with E-state index in [0.29, 0.717) is 11.1 Å². The summed E-state index contributed by atoms with van der Waals surface area (Å²) >= 11 is 0. The molecular weight excluding hydrogens is 320 g/mol. The Morgan fingerprint density at radius 1 is 1.08 bits per heavy atom. The molecule has 6 nitrogen and oxygen atoms in total. The second kappa shape index (κ2) is 6.89. The van der Waals surface area contributed by atoms with Gasteiger partial charge in [0, 0.05) is 18.0 Å². The number of carbonyl (C=O) groups excluding carboxylic acids is 2. The third-order valence-electron chi connectivity index (χ3n) is 3.79. The van der Waals surface area contributed by atoms with Crippen LogP contribution in [0, 0.1) is 11.3 Å². The highest BCUT2D eigenvalue weighted by Gasteiger charge is 2.19. The lowest BCUT2D eigenvalue weighted by Crippen LogP contribution is -2.13. The first-order valence-electron chi connectivity index (χ1n) is 7.49. The van der Waals surface area contributed by atoms with Crippen LogP contribution >= 0.6 is 0 Å². The zero-order valence-corrected chi connectivity index (χ0v) is 13.4. The minimum absolute atomic E-state index is 0.0705. The van der Waals surface area contributed by atoms with Crippen LogP contribution in [-0.4, -0.2) is 23.4 Å². The number of nitriles is 1. The van der Waals surface area contributed by atoms with E-state index < -0.39 is 11.9 Å². The Bertz CT molecular complexity index is 998. The number of methoxy groups -OCH3 is 1. The Kier molecular flexibility index (Phi) is 4.48. The number of hydrogen-bond donors (Lipinski definition) is 0. The first kappa shape index (κ1) is 16.3. The van der Waals surface area contributed by atoms with Gasteiger partial charge in [0.2, 0.25) is 0 Å². The fourth-order valence-electron chi connectivity index (χ4n) is 2.59. The number of ether oxygens (including phenoxy) is 2. The second-order valence-electron chi connectivity index (χ2n) is 5.25. The van der Waals surface area contributed by atoms with Crippen LogP contribution in [0.4, 0.5) is 0 Å². The van der Waals surface area contributed by atoms with Crippen molar-refractivity contribution < 1.29 is 19.1 Å². The third-order valence-corrected chi connectivity index (χ3v) is 3.79. The summed E-state index contributed by atoms with van der Waals surface area (Å²) in [6.45, 7) is -0.0705. The lowest BCUT2D eigenvalue weighted by Gasteiger charge is -2.07. The molecule has 0 N–H and O–H groups in total. The summed E-state index contributed by atoms with van der Waals surface area (Å²) in [5.41, 5.74) is 2.05. The van der Waals surface area contributed by atoms with Crippen molar-refractivity contribution >= 4 is 17.5 Å². The van der Waals surface area contributed by atoms with Gasteiger partial charge < -0.3 is 13.9 Å². The summed E-state index contributed by atoms with van der Waals surface area (Å²) in [6.07, 6.45) is 3.56. The molecule has 0 aliphatic heterocycles. The SMILES string of the molecule is COC(=O)c1ccccc1C(=O)OCc1cn2ccccc2c1C#N. The molecule has 3 aromatic rings. The molecule has 0 saturated carbocycles. The van der Waals surface area contributed by atoms with E-state index in [4.69, 9.17) is 4.74 Å². The lowest BCUT2D eigenvalue weighted by atomic mass is 10.1. The van der Waals surface area contributed by atoms with Crippen LogP contribution in [0.25, 0.3) is 5.52 Å². The third kappa shape index (κ3) is 3.08. The first-order valence-corrected chi connectivity index (χ1v) is 7.49. The van der Waals surface area contributed by atoms with Gasteiger partial charge in [0.05, 0.1) is 29.3 Å². The van der Waals surface area contributed by atoms with Crippen molar-refractivity contribution in [2.75, 3.05) is 7.11 Å². The highest BCUT2D eigenvalue weighted by molar-refractivity contribution is 6.03. The van der Waals surface area contributed by atoms with E-state index in [1.807, 2.05) is 24.4 Å². The average molecular weight is 334 g/mol. The van der Waals surface area contributed by atoms with Crippen LogP contribution in [-0.2, 0) is 16.1 Å². The molecule has 0 radical (unpaired) electrons. The molecule has 2 aromatic heterocycles. The fourth-order valence-corrected chi connectivity index (χ4v) is 2.59. The molecule has 0 amide bonds. The largest absolute Gasteiger partial charge is 0.465 e. The van der Waals surface area contributed by atoms with Gasteiger partial charge in [-0.2, -0.15) is 5.26 Å². The van der Waals surface area contributed by atoms with Gasteiger partial charge in [-0.15, -0.1) is 0 Å². The Morgan fingerprint density at radius 2 is 1.76 bits per heavy atom. The predicted molar refractivity (Wildman–Crippen MR) is 89.0 cm³/mol. The van der Waals surface area contributed by atoms with Crippen molar-refractivity contribution in [3.8, 4) is 6.07 Å². The number of rotatable bonds is 4. The number of carbonyl (C=O) groups is 2. The van der Waals surface area contributed by atoms with Gasteiger partial charge in [0.25, 0.3) is 0 Å².